The number of Topliss-reactive ketones (excluding diaryl/α,β-unsaturated/α-hetero) is 4. The largest absolute Gasteiger partial charge is 0.496 e. The Kier molecular flexibility index (Phi) is 26.3. The van der Waals surface area contributed by atoms with Crippen LogP contribution in [0.5, 0.6) is 28.7 Å². The maximum Gasteiger partial charge on any atom is 0.165 e. The molecule has 12 heteroatoms. The van der Waals surface area contributed by atoms with Gasteiger partial charge in [0, 0.05) is 70.7 Å². The summed E-state index contributed by atoms with van der Waals surface area (Å²) in [6.45, 7) is 36.5. The summed E-state index contributed by atoms with van der Waals surface area (Å²) in [5, 5.41) is 0.595. The average Bonchev–Trinajstić information content (AvgIpc) is 3.23. The molecule has 4 rings (SSSR count). The second-order valence-electron chi connectivity index (χ2n) is 22.0. The van der Waals surface area contributed by atoms with Crippen molar-refractivity contribution in [3.63, 3.8) is 0 Å². The zero-order valence-corrected chi connectivity index (χ0v) is 47.3. The number of rotatable bonds is 18. The summed E-state index contributed by atoms with van der Waals surface area (Å²) in [6.07, 6.45) is 3.27. The minimum absolute atomic E-state index is 0.0395. The molecule has 0 bridgehead atoms. The van der Waals surface area contributed by atoms with Crippen LogP contribution in [0, 0.1) is 28.5 Å². The smallest absolute Gasteiger partial charge is 0.165 e. The minimum Gasteiger partial charge on any atom is -0.496 e. The molecule has 394 valence electrons. The number of methoxy groups -OCH3 is 1. The van der Waals surface area contributed by atoms with Gasteiger partial charge in [-0.3, -0.25) is 24.2 Å². The molecule has 0 saturated heterocycles. The number of hydrogen-bond donors (Lipinski definition) is 0. The predicted molar refractivity (Wildman–Crippen MR) is 286 cm³/mol. The molecule has 0 radical (unpaired) electrons. The Balaban J connectivity index is 0.000000473. The predicted octanol–water partition coefficient (Wildman–Crippen LogP) is 14.3. The Hall–Kier alpha value is -5.29. The summed E-state index contributed by atoms with van der Waals surface area (Å²) in [6, 6.07) is 19.5. The van der Waals surface area contributed by atoms with Gasteiger partial charge in [0.1, 0.15) is 51.7 Å². The van der Waals surface area contributed by atoms with E-state index < -0.39 is 11.2 Å². The highest BCUT2D eigenvalue weighted by Gasteiger charge is 2.23. The molecular formula is C59H85ClFNO9. The van der Waals surface area contributed by atoms with E-state index in [1.807, 2.05) is 174 Å². The van der Waals surface area contributed by atoms with Crippen LogP contribution in [0.15, 0.2) is 72.9 Å². The van der Waals surface area contributed by atoms with Crippen molar-refractivity contribution in [2.24, 2.45) is 22.7 Å². The second kappa shape index (κ2) is 29.3. The van der Waals surface area contributed by atoms with Crippen molar-refractivity contribution in [3.8, 4) is 28.7 Å². The van der Waals surface area contributed by atoms with Gasteiger partial charge < -0.3 is 23.7 Å². The molecule has 1 heterocycles. The molecule has 0 saturated carbocycles. The molecule has 0 spiro atoms. The highest BCUT2D eigenvalue weighted by molar-refractivity contribution is 6.31. The fraction of sp³-hybridized carbons (Fsp3) is 0.542. The number of ketones is 4. The van der Waals surface area contributed by atoms with Crippen molar-refractivity contribution >= 4 is 34.7 Å². The first-order valence-electron chi connectivity index (χ1n) is 24.6. The SMILES string of the molecule is CC(C)(C)Oc1ccc(CC(=O)C(C)(C)C)nc1.CC(C)Oc1ccc(CC(=O)C(C)(C)C)cc1F.CC(C)Oc1ccc(CC(=O)C(C)C)c(Cl)c1.COc1cc(OC(C)C)ccc1CC(=O)C(C)C. The van der Waals surface area contributed by atoms with Gasteiger partial charge in [-0.15, -0.1) is 0 Å². The molecule has 0 aliphatic carbocycles. The number of nitrogens with zero attached hydrogens (tertiary/aromatic N) is 1. The van der Waals surface area contributed by atoms with Crippen LogP contribution in [0.25, 0.3) is 0 Å². The van der Waals surface area contributed by atoms with E-state index in [4.69, 9.17) is 35.3 Å². The van der Waals surface area contributed by atoms with E-state index in [-0.39, 0.29) is 76.5 Å². The highest BCUT2D eigenvalue weighted by Crippen LogP contribution is 2.28. The summed E-state index contributed by atoms with van der Waals surface area (Å²) in [5.41, 5.74) is 2.30. The molecule has 0 fully saturated rings. The molecule has 0 aliphatic rings. The van der Waals surface area contributed by atoms with Crippen molar-refractivity contribution < 1.29 is 47.3 Å². The Morgan fingerprint density at radius 2 is 1.01 bits per heavy atom. The molecule has 71 heavy (non-hydrogen) atoms. The Morgan fingerprint density at radius 3 is 1.42 bits per heavy atom. The van der Waals surface area contributed by atoms with Gasteiger partial charge in [0.25, 0.3) is 0 Å². The van der Waals surface area contributed by atoms with E-state index in [0.717, 1.165) is 34.1 Å². The van der Waals surface area contributed by atoms with Crippen LogP contribution in [-0.4, -0.2) is 59.1 Å². The van der Waals surface area contributed by atoms with Crippen LogP contribution in [0.2, 0.25) is 5.02 Å². The molecule has 0 aliphatic heterocycles. The monoisotopic (exact) mass is 1010 g/mol. The summed E-state index contributed by atoms with van der Waals surface area (Å²) in [4.78, 5) is 51.4. The first-order chi connectivity index (χ1) is 32.6. The first-order valence-corrected chi connectivity index (χ1v) is 25.0. The minimum atomic E-state index is -0.414. The van der Waals surface area contributed by atoms with Gasteiger partial charge in [0.2, 0.25) is 0 Å². The number of pyridine rings is 1. The lowest BCUT2D eigenvalue weighted by Gasteiger charge is -2.21. The third-order valence-electron chi connectivity index (χ3n) is 10.0. The Bertz CT molecular complexity index is 2300. The Morgan fingerprint density at radius 1 is 0.549 bits per heavy atom. The van der Waals surface area contributed by atoms with Crippen LogP contribution in [0.1, 0.15) is 154 Å². The van der Waals surface area contributed by atoms with Crippen LogP contribution >= 0.6 is 11.6 Å². The standard InChI is InChI=1S/C15H21FO2.C15H23NO2.C15H22O3.C14H19ClO2/c1-10(2)18-13-7-6-11(8-12(13)16)9-14(17)15(3,4)5;1-14(2,3)13(17)9-11-7-8-12(10-16-11)18-15(4,5)6;1-10(2)14(16)8-12-6-7-13(18-11(3)4)9-15(12)17-5;1-9(2)14(16)7-11-5-6-12(8-13(11)15)17-10(3)4/h6-8,10H,9H2,1-5H3;7-8,10H,9H2,1-6H3;6-7,9-11H,8H2,1-5H3;5-6,8-10H,7H2,1-4H3. The highest BCUT2D eigenvalue weighted by atomic mass is 35.5. The molecular weight excluding hydrogens is 921 g/mol. The summed E-state index contributed by atoms with van der Waals surface area (Å²) in [5.74, 6) is 3.55. The number of halogens is 2. The van der Waals surface area contributed by atoms with Gasteiger partial charge in [0.15, 0.2) is 11.6 Å². The second-order valence-corrected chi connectivity index (χ2v) is 22.4. The molecule has 3 aromatic carbocycles. The van der Waals surface area contributed by atoms with Gasteiger partial charge in [-0.25, -0.2) is 4.39 Å². The van der Waals surface area contributed by atoms with Crippen LogP contribution < -0.4 is 23.7 Å². The van der Waals surface area contributed by atoms with E-state index in [2.05, 4.69) is 4.98 Å². The van der Waals surface area contributed by atoms with Gasteiger partial charge in [0.05, 0.1) is 31.6 Å². The summed E-state index contributed by atoms with van der Waals surface area (Å²) < 4.78 is 41.2. The van der Waals surface area contributed by atoms with Crippen molar-refractivity contribution in [2.75, 3.05) is 7.11 Å². The molecule has 0 amide bonds. The summed E-state index contributed by atoms with van der Waals surface area (Å²) in [7, 11) is 1.61. The normalized spacial score (nSPS) is 11.5. The maximum absolute atomic E-state index is 13.7. The van der Waals surface area contributed by atoms with E-state index >= 15 is 0 Å². The zero-order chi connectivity index (χ0) is 54.6. The molecule has 0 atom stereocenters. The lowest BCUT2D eigenvalue weighted by Crippen LogP contribution is -2.23. The zero-order valence-electron chi connectivity index (χ0n) is 46.5. The molecule has 10 nitrogen and oxygen atoms in total. The average molecular weight is 1010 g/mol. The van der Waals surface area contributed by atoms with Gasteiger partial charge in [-0.05, 0) is 116 Å². The number of benzene rings is 3. The fourth-order valence-electron chi connectivity index (χ4n) is 5.83. The maximum atomic E-state index is 13.7. The van der Waals surface area contributed by atoms with Crippen LogP contribution in [0.4, 0.5) is 4.39 Å². The molecule has 4 aromatic rings. The van der Waals surface area contributed by atoms with Crippen LogP contribution in [0.3, 0.4) is 0 Å². The van der Waals surface area contributed by atoms with Crippen molar-refractivity contribution in [1.29, 1.82) is 0 Å². The third-order valence-corrected chi connectivity index (χ3v) is 10.4. The summed E-state index contributed by atoms with van der Waals surface area (Å²) >= 11 is 6.13. The lowest BCUT2D eigenvalue weighted by molar-refractivity contribution is -0.126. The first kappa shape index (κ1) is 63.7. The van der Waals surface area contributed by atoms with E-state index in [1.54, 1.807) is 31.5 Å². The number of aromatic nitrogens is 1. The molecule has 0 unspecified atom stereocenters. The van der Waals surface area contributed by atoms with Crippen molar-refractivity contribution in [1.82, 2.24) is 4.98 Å². The van der Waals surface area contributed by atoms with Gasteiger partial charge in [-0.2, -0.15) is 0 Å². The topological polar surface area (TPSA) is 127 Å². The number of carbonyl (C=O) groups excluding carboxylic acids is 4. The van der Waals surface area contributed by atoms with Crippen LogP contribution in [-0.2, 0) is 44.9 Å². The van der Waals surface area contributed by atoms with Gasteiger partial charge in [-0.1, -0.05) is 99.0 Å². The van der Waals surface area contributed by atoms with E-state index in [0.29, 0.717) is 35.6 Å². The Labute approximate surface area is 431 Å². The fourth-order valence-corrected chi connectivity index (χ4v) is 6.07. The number of hydrogen-bond acceptors (Lipinski definition) is 10. The van der Waals surface area contributed by atoms with Crippen molar-refractivity contribution in [2.45, 2.75) is 181 Å². The third kappa shape index (κ3) is 26.1. The number of carbonyl (C=O) groups is 4. The van der Waals surface area contributed by atoms with Gasteiger partial charge >= 0.3 is 0 Å². The molecule has 0 N–H and O–H groups in total. The molecule has 1 aromatic heterocycles. The quantitative estimate of drug-likeness (QED) is 0.0950. The van der Waals surface area contributed by atoms with E-state index in [1.165, 1.54) is 6.07 Å². The van der Waals surface area contributed by atoms with E-state index in [9.17, 15) is 23.6 Å². The number of ether oxygens (including phenoxy) is 5. The lowest BCUT2D eigenvalue weighted by atomic mass is 9.87. The van der Waals surface area contributed by atoms with Crippen molar-refractivity contribution in [3.05, 3.63) is 106 Å².